The number of benzene rings is 2. The number of methoxy groups -OCH3 is 2. The molecule has 0 bridgehead atoms. The fourth-order valence-electron chi connectivity index (χ4n) is 5.54. The Morgan fingerprint density at radius 2 is 1.77 bits per heavy atom. The quantitative estimate of drug-likeness (QED) is 0.249. The van der Waals surface area contributed by atoms with Gasteiger partial charge in [0.1, 0.15) is 24.7 Å². The molecule has 10 nitrogen and oxygen atoms in total. The van der Waals surface area contributed by atoms with E-state index in [1.165, 1.54) is 0 Å². The Morgan fingerprint density at radius 3 is 2.53 bits per heavy atom. The number of hydrogen-bond donors (Lipinski definition) is 2. The summed E-state index contributed by atoms with van der Waals surface area (Å²) in [5, 5.41) is 6.37. The average molecular weight is 600 g/mol. The van der Waals surface area contributed by atoms with Crippen molar-refractivity contribution >= 4 is 11.6 Å². The molecule has 2 heterocycles. The van der Waals surface area contributed by atoms with Crippen LogP contribution in [0.4, 0.5) is 5.69 Å². The van der Waals surface area contributed by atoms with E-state index in [4.69, 9.17) is 28.4 Å². The zero-order valence-corrected chi connectivity index (χ0v) is 26.0. The van der Waals surface area contributed by atoms with Gasteiger partial charge in [0, 0.05) is 66.0 Å². The van der Waals surface area contributed by atoms with Gasteiger partial charge in [-0.25, -0.2) is 0 Å². The highest BCUT2D eigenvalue weighted by Crippen LogP contribution is 2.35. The molecule has 0 aliphatic carbocycles. The second-order valence-electron chi connectivity index (χ2n) is 11.0. The third-order valence-corrected chi connectivity index (χ3v) is 7.74. The first-order chi connectivity index (χ1) is 21.1. The van der Waals surface area contributed by atoms with Gasteiger partial charge in [-0.3, -0.25) is 4.79 Å². The molecule has 3 atom stereocenters. The minimum absolute atomic E-state index is 0.0139. The van der Waals surface area contributed by atoms with Crippen molar-refractivity contribution in [1.29, 1.82) is 0 Å². The van der Waals surface area contributed by atoms with E-state index in [1.54, 1.807) is 14.2 Å². The molecule has 0 saturated carbocycles. The molecule has 0 spiro atoms. The van der Waals surface area contributed by atoms with Crippen LogP contribution in [0.5, 0.6) is 11.5 Å². The normalized spacial score (nSPS) is 19.9. The van der Waals surface area contributed by atoms with Gasteiger partial charge in [-0.05, 0) is 48.2 Å². The lowest BCUT2D eigenvalue weighted by Gasteiger charge is -2.39. The van der Waals surface area contributed by atoms with Gasteiger partial charge in [0.05, 0.1) is 37.7 Å². The Morgan fingerprint density at radius 1 is 1.00 bits per heavy atom. The van der Waals surface area contributed by atoms with E-state index in [-0.39, 0.29) is 30.6 Å². The predicted octanol–water partition coefficient (Wildman–Crippen LogP) is 3.52. The van der Waals surface area contributed by atoms with Gasteiger partial charge in [-0.2, -0.15) is 0 Å². The van der Waals surface area contributed by atoms with Crippen molar-refractivity contribution in [2.45, 2.75) is 50.9 Å². The van der Waals surface area contributed by atoms with E-state index in [9.17, 15) is 4.79 Å². The predicted molar refractivity (Wildman–Crippen MR) is 166 cm³/mol. The molecule has 1 fully saturated rings. The Labute approximate surface area is 256 Å². The summed E-state index contributed by atoms with van der Waals surface area (Å²) in [6.45, 7) is 8.90. The topological polar surface area (TPSA) is 99.8 Å². The first-order valence-electron chi connectivity index (χ1n) is 15.5. The van der Waals surface area contributed by atoms with Crippen LogP contribution in [-0.4, -0.2) is 98.1 Å². The van der Waals surface area contributed by atoms with E-state index in [0.29, 0.717) is 46.1 Å². The largest absolute Gasteiger partial charge is 0.494 e. The molecule has 0 radical (unpaired) electrons. The van der Waals surface area contributed by atoms with Crippen LogP contribution in [0.25, 0.3) is 0 Å². The number of carbonyl (C=O) groups is 1. The maximum absolute atomic E-state index is 12.4. The maximum Gasteiger partial charge on any atom is 0.246 e. The van der Waals surface area contributed by atoms with Crippen LogP contribution in [0.15, 0.2) is 42.5 Å². The summed E-state index contributed by atoms with van der Waals surface area (Å²) in [6, 6.07) is 14.4. The lowest BCUT2D eigenvalue weighted by Crippen LogP contribution is -2.51. The highest BCUT2D eigenvalue weighted by Gasteiger charge is 2.36. The number of rotatable bonds is 18. The zero-order valence-electron chi connectivity index (χ0n) is 26.0. The highest BCUT2D eigenvalue weighted by molar-refractivity contribution is 5.77. The second-order valence-corrected chi connectivity index (χ2v) is 11.0. The van der Waals surface area contributed by atoms with Gasteiger partial charge >= 0.3 is 0 Å². The summed E-state index contributed by atoms with van der Waals surface area (Å²) in [5.41, 5.74) is 3.28. The standard InChI is InChI=1S/C33H49N3O7/c1-4-13-35-32(37)24-43-31-22-34-21-30(33(31)26-8-10-27(11-9-26)40-18-6-17-39-3)42-23-25-7-12-29-28(20-25)36(15-19-41-29)14-5-16-38-2/h7-12,20,30-31,33-34H,4-6,13-19,21-24H2,1-3H3,(H,35,37)/t30-,31+,33?/m0/s1. The van der Waals surface area contributed by atoms with Gasteiger partial charge in [0.2, 0.25) is 5.91 Å². The smallest absolute Gasteiger partial charge is 0.246 e. The van der Waals surface area contributed by atoms with E-state index in [2.05, 4.69) is 39.8 Å². The van der Waals surface area contributed by atoms with Gasteiger partial charge in [-0.15, -0.1) is 0 Å². The summed E-state index contributed by atoms with van der Waals surface area (Å²) in [7, 11) is 3.43. The first kappa shape index (κ1) is 33.0. The lowest BCUT2D eigenvalue weighted by atomic mass is 9.85. The van der Waals surface area contributed by atoms with E-state index < -0.39 is 0 Å². The van der Waals surface area contributed by atoms with Crippen molar-refractivity contribution in [2.75, 3.05) is 84.9 Å². The number of piperidine rings is 1. The van der Waals surface area contributed by atoms with Gasteiger partial charge in [0.15, 0.2) is 0 Å². The van der Waals surface area contributed by atoms with Crippen LogP contribution in [0, 0.1) is 0 Å². The summed E-state index contributed by atoms with van der Waals surface area (Å²) < 4.78 is 35.0. The van der Waals surface area contributed by atoms with Gasteiger partial charge in [-0.1, -0.05) is 25.1 Å². The Kier molecular flexibility index (Phi) is 13.9. The number of fused-ring (bicyclic) bond motifs is 1. The van der Waals surface area contributed by atoms with Crippen LogP contribution in [0.2, 0.25) is 0 Å². The van der Waals surface area contributed by atoms with Crippen molar-refractivity contribution in [3.8, 4) is 11.5 Å². The number of ether oxygens (including phenoxy) is 6. The molecule has 2 aliphatic heterocycles. The number of anilines is 1. The molecule has 2 aliphatic rings. The molecular weight excluding hydrogens is 550 g/mol. The molecule has 1 unspecified atom stereocenters. The number of nitrogens with zero attached hydrogens (tertiary/aromatic N) is 1. The SMILES string of the molecule is CCCNC(=O)CO[C@@H]1CNC[C@H](OCc2ccc3c(c2)N(CCCOC)CCO3)C1c1ccc(OCCCOC)cc1. The molecule has 0 aromatic heterocycles. The molecular formula is C33H49N3O7. The van der Waals surface area contributed by atoms with Crippen LogP contribution in [0.3, 0.4) is 0 Å². The third kappa shape index (κ3) is 10.1. The van der Waals surface area contributed by atoms with Gasteiger partial charge < -0.3 is 44.0 Å². The van der Waals surface area contributed by atoms with Crippen LogP contribution >= 0.6 is 0 Å². The monoisotopic (exact) mass is 599 g/mol. The molecule has 1 amide bonds. The molecule has 1 saturated heterocycles. The minimum atomic E-state index is -0.229. The molecule has 10 heteroatoms. The van der Waals surface area contributed by atoms with Gasteiger partial charge in [0.25, 0.3) is 0 Å². The summed E-state index contributed by atoms with van der Waals surface area (Å²) in [5.74, 6) is 1.56. The molecule has 2 aromatic carbocycles. The second kappa shape index (κ2) is 18.0. The Bertz CT molecular complexity index is 1100. The average Bonchev–Trinajstić information content (AvgIpc) is 3.04. The minimum Gasteiger partial charge on any atom is -0.494 e. The molecule has 4 rings (SSSR count). The highest BCUT2D eigenvalue weighted by atomic mass is 16.5. The van der Waals surface area contributed by atoms with Crippen LogP contribution < -0.4 is 25.0 Å². The summed E-state index contributed by atoms with van der Waals surface area (Å²) in [6.07, 6.45) is 2.29. The fourth-order valence-corrected chi connectivity index (χ4v) is 5.54. The van der Waals surface area contributed by atoms with E-state index in [1.807, 2.05) is 25.1 Å². The van der Waals surface area contributed by atoms with Crippen molar-refractivity contribution in [3.63, 3.8) is 0 Å². The van der Waals surface area contributed by atoms with Crippen molar-refractivity contribution in [2.24, 2.45) is 0 Å². The number of carbonyl (C=O) groups excluding carboxylic acids is 1. The number of amides is 1. The molecule has 2 N–H and O–H groups in total. The summed E-state index contributed by atoms with van der Waals surface area (Å²) >= 11 is 0. The van der Waals surface area contributed by atoms with Crippen molar-refractivity contribution < 1.29 is 33.2 Å². The number of hydrogen-bond acceptors (Lipinski definition) is 9. The third-order valence-electron chi connectivity index (χ3n) is 7.74. The fraction of sp³-hybridized carbons (Fsp3) is 0.606. The summed E-state index contributed by atoms with van der Waals surface area (Å²) in [4.78, 5) is 14.7. The maximum atomic E-state index is 12.4. The number of nitrogens with one attached hydrogen (secondary N) is 2. The zero-order chi connectivity index (χ0) is 30.3. The van der Waals surface area contributed by atoms with Crippen molar-refractivity contribution in [3.05, 3.63) is 53.6 Å². The van der Waals surface area contributed by atoms with E-state index >= 15 is 0 Å². The molecule has 238 valence electrons. The Balaban J connectivity index is 1.46. The molecule has 43 heavy (non-hydrogen) atoms. The van der Waals surface area contributed by atoms with Crippen LogP contribution in [-0.2, 0) is 30.3 Å². The van der Waals surface area contributed by atoms with Crippen LogP contribution in [0.1, 0.15) is 43.2 Å². The molecule has 2 aromatic rings. The Hall–Kier alpha value is -2.89. The first-order valence-corrected chi connectivity index (χ1v) is 15.5. The van der Waals surface area contributed by atoms with E-state index in [0.717, 1.165) is 67.3 Å². The lowest BCUT2D eigenvalue weighted by molar-refractivity contribution is -0.130. The van der Waals surface area contributed by atoms with Crippen molar-refractivity contribution in [1.82, 2.24) is 10.6 Å².